The number of rotatable bonds is 4. The number of benzene rings is 7. The lowest BCUT2D eigenvalue weighted by atomic mass is 9.33. The zero-order valence-corrected chi connectivity index (χ0v) is 45.9. The zero-order chi connectivity index (χ0) is 50.8. The van der Waals surface area contributed by atoms with Crippen LogP contribution in [-0.2, 0) is 27.1 Å². The third kappa shape index (κ3) is 6.31. The summed E-state index contributed by atoms with van der Waals surface area (Å²) in [5.41, 5.74) is 24.3. The summed E-state index contributed by atoms with van der Waals surface area (Å²) in [6, 6.07) is 58.1. The van der Waals surface area contributed by atoms with Crippen molar-refractivity contribution < 1.29 is 0 Å². The van der Waals surface area contributed by atoms with E-state index in [2.05, 4.69) is 243 Å². The number of anilines is 7. The average Bonchev–Trinajstić information content (AvgIpc) is 3.74. The number of nitrogens with zero attached hydrogens (tertiary/aromatic N) is 3. The maximum absolute atomic E-state index is 2.97. The normalized spacial score (nSPS) is 24.7. The molecule has 4 unspecified atom stereocenters. The molecule has 7 aromatic rings. The predicted octanol–water partition coefficient (Wildman–Crippen LogP) is 16.4. The van der Waals surface area contributed by atoms with Crippen LogP contribution in [0.2, 0.25) is 0 Å². The van der Waals surface area contributed by atoms with E-state index in [9.17, 15) is 0 Å². The van der Waals surface area contributed by atoms with Crippen molar-refractivity contribution in [1.29, 1.82) is 0 Å². The molecule has 0 saturated heterocycles. The van der Waals surface area contributed by atoms with Crippen LogP contribution in [0.5, 0.6) is 0 Å². The van der Waals surface area contributed by atoms with E-state index in [-0.39, 0.29) is 44.9 Å². The highest BCUT2D eigenvalue weighted by atomic mass is 15.3. The van der Waals surface area contributed by atoms with E-state index in [0.717, 1.165) is 19.3 Å². The minimum absolute atomic E-state index is 0.0205. The van der Waals surface area contributed by atoms with Crippen LogP contribution in [0.15, 0.2) is 146 Å². The maximum atomic E-state index is 2.97. The van der Waals surface area contributed by atoms with Crippen molar-refractivity contribution in [1.82, 2.24) is 0 Å². The Bertz CT molecular complexity index is 3390. The molecule has 0 N–H and O–H groups in total. The molecule has 4 aliphatic heterocycles. The molecular formula is C69H76BN3. The Hall–Kier alpha value is -6.00. The van der Waals surface area contributed by atoms with Gasteiger partial charge < -0.3 is 14.7 Å². The molecule has 13 rings (SSSR count). The average molecular weight is 958 g/mol. The van der Waals surface area contributed by atoms with Crippen LogP contribution < -0.4 is 31.1 Å². The van der Waals surface area contributed by atoms with Crippen LogP contribution in [0, 0.1) is 0 Å². The SMILES string of the molecule is CC(C)(C)c1ccc2c(c1)B1c3cc(C(C)(C)C)cc4c3N(c3cc(N5c6ccccc6C6(c7ccccc7)CCCCC56C)cc(c31)N2c1ccc(C(C)(C)C)cc1-c1ccccc1)C1(C)CCCCC41C. The molecule has 0 aromatic heterocycles. The number of hydrogen-bond donors (Lipinski definition) is 0. The molecule has 0 radical (unpaired) electrons. The molecule has 0 bridgehead atoms. The van der Waals surface area contributed by atoms with Crippen molar-refractivity contribution >= 4 is 62.9 Å². The second-order valence-corrected chi connectivity index (χ2v) is 27.0. The van der Waals surface area contributed by atoms with E-state index in [1.54, 1.807) is 5.56 Å². The standard InChI is InChI=1S/C69H76BN3/c1-63(2,3)47-31-33-56(51(39-47)45-25-15-13-16-26-45)71-58-34-32-48(64(4,5)6)41-54(58)70-55-42-49(65(7,8)9)40-53-62(55)73(67(11)36-22-21-35-66(53,67)10)60-44-50(43-59(71)61(60)70)72-57-30-20-19-29-52(57)69(46-27-17-14-18-28-46)38-24-23-37-68(69,72)12/h13-20,25-34,39-44H,21-24,35-38H2,1-12H3. The van der Waals surface area contributed by atoms with Gasteiger partial charge in [0.1, 0.15) is 0 Å². The van der Waals surface area contributed by atoms with Crippen molar-refractivity contribution in [2.45, 2.75) is 173 Å². The van der Waals surface area contributed by atoms with Gasteiger partial charge in [-0.15, -0.1) is 0 Å². The van der Waals surface area contributed by atoms with Gasteiger partial charge in [-0.3, -0.25) is 0 Å². The smallest absolute Gasteiger partial charge is 0.252 e. The molecule has 3 nitrogen and oxygen atoms in total. The highest BCUT2D eigenvalue weighted by molar-refractivity contribution is 7.00. The van der Waals surface area contributed by atoms with Crippen molar-refractivity contribution in [3.63, 3.8) is 0 Å². The van der Waals surface area contributed by atoms with Crippen molar-refractivity contribution in [2.75, 3.05) is 14.7 Å². The van der Waals surface area contributed by atoms with Gasteiger partial charge in [-0.25, -0.2) is 0 Å². The van der Waals surface area contributed by atoms with Gasteiger partial charge in [0, 0.05) is 50.5 Å². The summed E-state index contributed by atoms with van der Waals surface area (Å²) in [6.45, 7) is 29.5. The first-order valence-electron chi connectivity index (χ1n) is 28.0. The lowest BCUT2D eigenvalue weighted by molar-refractivity contribution is 0.195. The Morgan fingerprint density at radius 2 is 1.01 bits per heavy atom. The van der Waals surface area contributed by atoms with E-state index in [4.69, 9.17) is 0 Å². The van der Waals surface area contributed by atoms with Crippen LogP contribution in [-0.4, -0.2) is 17.8 Å². The molecule has 4 atom stereocenters. The second kappa shape index (κ2) is 15.5. The third-order valence-electron chi connectivity index (χ3n) is 19.9. The van der Waals surface area contributed by atoms with Crippen LogP contribution >= 0.6 is 0 Å². The molecule has 2 fully saturated rings. The molecular weight excluding hydrogens is 882 g/mol. The summed E-state index contributed by atoms with van der Waals surface area (Å²) >= 11 is 0. The van der Waals surface area contributed by atoms with Crippen LogP contribution in [0.25, 0.3) is 11.1 Å². The highest BCUT2D eigenvalue weighted by Gasteiger charge is 2.64. The molecule has 0 amide bonds. The largest absolute Gasteiger partial charge is 0.335 e. The molecule has 4 heterocycles. The van der Waals surface area contributed by atoms with Gasteiger partial charge in [-0.2, -0.15) is 0 Å². The Labute approximate surface area is 438 Å². The fourth-order valence-electron chi connectivity index (χ4n) is 15.8. The van der Waals surface area contributed by atoms with Gasteiger partial charge in [-0.1, -0.05) is 204 Å². The summed E-state index contributed by atoms with van der Waals surface area (Å²) in [5, 5.41) is 0. The Kier molecular flexibility index (Phi) is 9.95. The number of hydrogen-bond acceptors (Lipinski definition) is 3. The Morgan fingerprint density at radius 3 is 1.71 bits per heavy atom. The van der Waals surface area contributed by atoms with Crippen LogP contribution in [0.3, 0.4) is 0 Å². The molecule has 4 heteroatoms. The molecule has 2 saturated carbocycles. The summed E-state index contributed by atoms with van der Waals surface area (Å²) in [6.07, 6.45) is 9.54. The molecule has 73 heavy (non-hydrogen) atoms. The molecule has 370 valence electrons. The first-order valence-corrected chi connectivity index (χ1v) is 28.0. The van der Waals surface area contributed by atoms with E-state index < -0.39 is 0 Å². The third-order valence-corrected chi connectivity index (χ3v) is 19.9. The van der Waals surface area contributed by atoms with Crippen molar-refractivity contribution in [2.24, 2.45) is 0 Å². The monoisotopic (exact) mass is 958 g/mol. The summed E-state index contributed by atoms with van der Waals surface area (Å²) in [7, 11) is 0. The fraction of sp³-hybridized carbons (Fsp3) is 0.391. The summed E-state index contributed by atoms with van der Waals surface area (Å²) < 4.78 is 0. The van der Waals surface area contributed by atoms with Gasteiger partial charge in [0.05, 0.1) is 16.8 Å². The minimum Gasteiger partial charge on any atom is -0.335 e. The first kappa shape index (κ1) is 46.8. The molecule has 0 spiro atoms. The minimum atomic E-state index is -0.215. The summed E-state index contributed by atoms with van der Waals surface area (Å²) in [5.74, 6) is 0. The Morgan fingerprint density at radius 1 is 0.438 bits per heavy atom. The molecule has 2 aliphatic carbocycles. The van der Waals surface area contributed by atoms with Crippen molar-refractivity contribution in [3.8, 4) is 11.1 Å². The zero-order valence-electron chi connectivity index (χ0n) is 45.9. The second-order valence-electron chi connectivity index (χ2n) is 27.0. The first-order chi connectivity index (χ1) is 34.7. The van der Waals surface area contributed by atoms with Gasteiger partial charge in [0.15, 0.2) is 0 Å². The van der Waals surface area contributed by atoms with Crippen LogP contribution in [0.4, 0.5) is 39.8 Å². The van der Waals surface area contributed by atoms with E-state index in [1.807, 2.05) is 0 Å². The van der Waals surface area contributed by atoms with Gasteiger partial charge in [0.2, 0.25) is 0 Å². The predicted molar refractivity (Wildman–Crippen MR) is 313 cm³/mol. The van der Waals surface area contributed by atoms with Crippen LogP contribution in [0.1, 0.15) is 168 Å². The topological polar surface area (TPSA) is 9.72 Å². The quantitative estimate of drug-likeness (QED) is 0.163. The molecule has 7 aromatic carbocycles. The lowest BCUT2D eigenvalue weighted by Crippen LogP contribution is -2.65. The lowest BCUT2D eigenvalue weighted by Gasteiger charge is -2.54. The van der Waals surface area contributed by atoms with Gasteiger partial charge in [-0.05, 0) is 148 Å². The van der Waals surface area contributed by atoms with Gasteiger partial charge in [0.25, 0.3) is 6.71 Å². The Balaban J connectivity index is 1.19. The van der Waals surface area contributed by atoms with E-state index >= 15 is 0 Å². The van der Waals surface area contributed by atoms with Gasteiger partial charge >= 0.3 is 0 Å². The maximum Gasteiger partial charge on any atom is 0.252 e. The number of fused-ring (bicyclic) bond motifs is 10. The highest BCUT2D eigenvalue weighted by Crippen LogP contribution is 2.66. The summed E-state index contributed by atoms with van der Waals surface area (Å²) in [4.78, 5) is 8.58. The van der Waals surface area contributed by atoms with Crippen molar-refractivity contribution in [3.05, 3.63) is 179 Å². The van der Waals surface area contributed by atoms with E-state index in [0.29, 0.717) is 0 Å². The molecule has 6 aliphatic rings. The number of para-hydroxylation sites is 1. The fourth-order valence-corrected chi connectivity index (χ4v) is 15.8. The van der Waals surface area contributed by atoms with E-state index in [1.165, 1.54) is 127 Å².